The molecule has 1 saturated heterocycles. The first-order chi connectivity index (χ1) is 8.09. The first-order valence-corrected chi connectivity index (χ1v) is 6.32. The van der Waals surface area contributed by atoms with Crippen LogP contribution in [0.5, 0.6) is 0 Å². The third-order valence-electron chi connectivity index (χ3n) is 3.15. The zero-order valence-electron chi connectivity index (χ0n) is 10.4. The number of carbonyl (C=O) groups is 2. The van der Waals surface area contributed by atoms with Gasteiger partial charge in [0.15, 0.2) is 0 Å². The Balaban J connectivity index is 2.08. The maximum Gasteiger partial charge on any atom is 0.303 e. The minimum absolute atomic E-state index is 0.0442. The van der Waals surface area contributed by atoms with Gasteiger partial charge in [0, 0.05) is 25.4 Å². The van der Waals surface area contributed by atoms with Gasteiger partial charge < -0.3 is 10.4 Å². The van der Waals surface area contributed by atoms with Gasteiger partial charge in [-0.2, -0.15) is 0 Å². The summed E-state index contributed by atoms with van der Waals surface area (Å²) >= 11 is 0. The second-order valence-electron chi connectivity index (χ2n) is 4.64. The van der Waals surface area contributed by atoms with Crippen LogP contribution >= 0.6 is 0 Å². The average Bonchev–Trinajstić information content (AvgIpc) is 2.78. The van der Waals surface area contributed by atoms with E-state index in [1.54, 1.807) is 0 Å². The monoisotopic (exact) mass is 242 g/mol. The third-order valence-corrected chi connectivity index (χ3v) is 3.15. The van der Waals surface area contributed by atoms with E-state index in [1.165, 1.54) is 12.8 Å². The fourth-order valence-electron chi connectivity index (χ4n) is 2.06. The summed E-state index contributed by atoms with van der Waals surface area (Å²) < 4.78 is 0. The molecule has 0 aromatic rings. The second-order valence-corrected chi connectivity index (χ2v) is 4.64. The lowest BCUT2D eigenvalue weighted by Crippen LogP contribution is -2.40. The van der Waals surface area contributed by atoms with Gasteiger partial charge in [-0.25, -0.2) is 0 Å². The molecule has 1 heterocycles. The Morgan fingerprint density at radius 1 is 1.29 bits per heavy atom. The highest BCUT2D eigenvalue weighted by molar-refractivity contribution is 5.76. The fourth-order valence-corrected chi connectivity index (χ4v) is 2.06. The number of nitrogens with zero attached hydrogens (tertiary/aromatic N) is 1. The predicted molar refractivity (Wildman–Crippen MR) is 64.8 cm³/mol. The van der Waals surface area contributed by atoms with Crippen LogP contribution in [0.4, 0.5) is 0 Å². The van der Waals surface area contributed by atoms with Gasteiger partial charge in [0.25, 0.3) is 0 Å². The summed E-state index contributed by atoms with van der Waals surface area (Å²) in [6, 6.07) is 0.376. The minimum Gasteiger partial charge on any atom is -0.481 e. The van der Waals surface area contributed by atoms with Gasteiger partial charge >= 0.3 is 5.97 Å². The van der Waals surface area contributed by atoms with Gasteiger partial charge in [0.2, 0.25) is 5.91 Å². The molecule has 0 aromatic carbocycles. The molecule has 1 fully saturated rings. The van der Waals surface area contributed by atoms with E-state index < -0.39 is 5.97 Å². The number of carboxylic acids is 1. The predicted octanol–water partition coefficient (Wildman–Crippen LogP) is 0.842. The minimum atomic E-state index is -0.844. The molecule has 1 unspecified atom stereocenters. The number of hydrogen-bond donors (Lipinski definition) is 2. The molecule has 1 amide bonds. The number of carbonyl (C=O) groups excluding carboxylic acids is 1. The van der Waals surface area contributed by atoms with Crippen molar-refractivity contribution in [2.24, 2.45) is 0 Å². The van der Waals surface area contributed by atoms with Crippen LogP contribution in [0.15, 0.2) is 0 Å². The van der Waals surface area contributed by atoms with Crippen molar-refractivity contribution in [1.29, 1.82) is 0 Å². The SMILES string of the molecule is CC(CNC(=O)CCCC(=O)O)N1CCCC1. The molecule has 1 aliphatic heterocycles. The number of nitrogens with one attached hydrogen (secondary N) is 1. The molecule has 0 aromatic heterocycles. The van der Waals surface area contributed by atoms with Crippen LogP contribution in [0.1, 0.15) is 39.0 Å². The van der Waals surface area contributed by atoms with Crippen LogP contribution in [0, 0.1) is 0 Å². The molecule has 0 radical (unpaired) electrons. The van der Waals surface area contributed by atoms with Crippen LogP contribution in [0.25, 0.3) is 0 Å². The highest BCUT2D eigenvalue weighted by Gasteiger charge is 2.18. The highest BCUT2D eigenvalue weighted by atomic mass is 16.4. The Morgan fingerprint density at radius 2 is 1.94 bits per heavy atom. The molecule has 0 bridgehead atoms. The normalized spacial score (nSPS) is 17.9. The van der Waals surface area contributed by atoms with E-state index in [4.69, 9.17) is 5.11 Å². The molecule has 17 heavy (non-hydrogen) atoms. The van der Waals surface area contributed by atoms with Crippen LogP contribution in [-0.2, 0) is 9.59 Å². The van der Waals surface area contributed by atoms with Crippen LogP contribution in [0.2, 0.25) is 0 Å². The number of rotatable bonds is 7. The maximum atomic E-state index is 11.4. The number of carboxylic acid groups (broad SMARTS) is 1. The second kappa shape index (κ2) is 7.27. The molecule has 1 rings (SSSR count). The molecule has 5 heteroatoms. The summed E-state index contributed by atoms with van der Waals surface area (Å²) in [7, 11) is 0. The van der Waals surface area contributed by atoms with Gasteiger partial charge in [-0.05, 0) is 39.3 Å². The standard InChI is InChI=1S/C12H22N2O3/c1-10(14-7-2-3-8-14)9-13-11(15)5-4-6-12(16)17/h10H,2-9H2,1H3,(H,13,15)(H,16,17). The molecular weight excluding hydrogens is 220 g/mol. The average molecular weight is 242 g/mol. The summed E-state index contributed by atoms with van der Waals surface area (Å²) in [5, 5.41) is 11.3. The molecule has 0 aliphatic carbocycles. The number of hydrogen-bond acceptors (Lipinski definition) is 3. The molecule has 2 N–H and O–H groups in total. The fraction of sp³-hybridized carbons (Fsp3) is 0.833. The molecule has 0 saturated carbocycles. The van der Waals surface area contributed by atoms with Crippen molar-refractivity contribution in [2.75, 3.05) is 19.6 Å². The van der Waals surface area contributed by atoms with Gasteiger partial charge in [-0.1, -0.05) is 0 Å². The van der Waals surface area contributed by atoms with E-state index in [1.807, 2.05) is 0 Å². The van der Waals surface area contributed by atoms with Crippen LogP contribution in [-0.4, -0.2) is 47.6 Å². The lowest BCUT2D eigenvalue weighted by atomic mass is 10.2. The van der Waals surface area contributed by atoms with Gasteiger partial charge in [-0.3, -0.25) is 14.5 Å². The molecule has 1 aliphatic rings. The first kappa shape index (κ1) is 14.0. The smallest absolute Gasteiger partial charge is 0.303 e. The Labute approximate surface area is 102 Å². The van der Waals surface area contributed by atoms with E-state index in [-0.39, 0.29) is 12.3 Å². The largest absolute Gasteiger partial charge is 0.481 e. The Morgan fingerprint density at radius 3 is 2.53 bits per heavy atom. The van der Waals surface area contributed by atoms with Crippen LogP contribution in [0.3, 0.4) is 0 Å². The Bertz CT molecular complexity index is 262. The third kappa shape index (κ3) is 5.68. The zero-order chi connectivity index (χ0) is 12.7. The van der Waals surface area contributed by atoms with Crippen molar-refractivity contribution in [2.45, 2.75) is 45.1 Å². The Kier molecular flexibility index (Phi) is 5.97. The van der Waals surface area contributed by atoms with E-state index in [9.17, 15) is 9.59 Å². The molecule has 98 valence electrons. The molecule has 5 nitrogen and oxygen atoms in total. The molecular formula is C12H22N2O3. The summed E-state index contributed by atoms with van der Waals surface area (Å²) in [5.74, 6) is -0.888. The lowest BCUT2D eigenvalue weighted by Gasteiger charge is -2.23. The van der Waals surface area contributed by atoms with Crippen molar-refractivity contribution in [3.8, 4) is 0 Å². The summed E-state index contributed by atoms with van der Waals surface area (Å²) in [5.41, 5.74) is 0. The quantitative estimate of drug-likeness (QED) is 0.694. The van der Waals surface area contributed by atoms with Crippen molar-refractivity contribution in [1.82, 2.24) is 10.2 Å². The first-order valence-electron chi connectivity index (χ1n) is 6.32. The maximum absolute atomic E-state index is 11.4. The van der Waals surface area contributed by atoms with Gasteiger partial charge in [0.05, 0.1) is 0 Å². The van der Waals surface area contributed by atoms with E-state index >= 15 is 0 Å². The number of amides is 1. The molecule has 1 atom stereocenters. The summed E-state index contributed by atoms with van der Waals surface area (Å²) in [6.45, 7) is 5.01. The van der Waals surface area contributed by atoms with E-state index in [0.29, 0.717) is 25.4 Å². The zero-order valence-corrected chi connectivity index (χ0v) is 10.4. The van der Waals surface area contributed by atoms with Crippen LogP contribution < -0.4 is 5.32 Å². The highest BCUT2D eigenvalue weighted by Crippen LogP contribution is 2.10. The van der Waals surface area contributed by atoms with Crippen molar-refractivity contribution >= 4 is 11.9 Å². The van der Waals surface area contributed by atoms with Crippen molar-refractivity contribution in [3.63, 3.8) is 0 Å². The summed E-state index contributed by atoms with van der Waals surface area (Å²) in [6.07, 6.45) is 3.28. The topological polar surface area (TPSA) is 69.6 Å². The Hall–Kier alpha value is -1.10. The number of aliphatic carboxylic acids is 1. The van der Waals surface area contributed by atoms with E-state index in [0.717, 1.165) is 13.1 Å². The lowest BCUT2D eigenvalue weighted by molar-refractivity contribution is -0.137. The molecule has 0 spiro atoms. The van der Waals surface area contributed by atoms with Crippen molar-refractivity contribution in [3.05, 3.63) is 0 Å². The summed E-state index contributed by atoms with van der Waals surface area (Å²) in [4.78, 5) is 24.1. The van der Waals surface area contributed by atoms with Gasteiger partial charge in [0.1, 0.15) is 0 Å². The van der Waals surface area contributed by atoms with Gasteiger partial charge in [-0.15, -0.1) is 0 Å². The van der Waals surface area contributed by atoms with Crippen molar-refractivity contribution < 1.29 is 14.7 Å². The number of likely N-dealkylation sites (tertiary alicyclic amines) is 1. The van der Waals surface area contributed by atoms with E-state index in [2.05, 4.69) is 17.1 Å².